The summed E-state index contributed by atoms with van der Waals surface area (Å²) in [6.45, 7) is 4.31. The Hall–Kier alpha value is -3.08. The molecular weight excluding hydrogens is 330 g/mol. The van der Waals surface area contributed by atoms with Crippen molar-refractivity contribution in [3.63, 3.8) is 0 Å². The number of benzene rings is 2. The summed E-state index contributed by atoms with van der Waals surface area (Å²) >= 11 is 0. The van der Waals surface area contributed by atoms with Gasteiger partial charge in [0, 0.05) is 5.56 Å². The van der Waals surface area contributed by atoms with E-state index in [0.717, 1.165) is 29.8 Å². The number of aryl methyl sites for hydroxylation is 2. The Balaban J connectivity index is 1.68. The zero-order valence-corrected chi connectivity index (χ0v) is 14.9. The third kappa shape index (κ3) is 4.11. The predicted octanol–water partition coefficient (Wildman–Crippen LogP) is 4.88. The minimum atomic E-state index is -0.959. The molecule has 5 nitrogen and oxygen atoms in total. The molecule has 0 radical (unpaired) electrons. The molecule has 0 aliphatic rings. The molecule has 26 heavy (non-hydrogen) atoms. The molecule has 1 aromatic heterocycles. The van der Waals surface area contributed by atoms with Crippen molar-refractivity contribution in [2.45, 2.75) is 33.3 Å². The molecule has 0 amide bonds. The van der Waals surface area contributed by atoms with Gasteiger partial charge in [-0.3, -0.25) is 0 Å². The molecule has 134 valence electrons. The standard InChI is InChI=1S/C21H21NO4/c1-3-4-15-5-11-18(12-6-15)25-13-19-14(2)26-20(22-19)16-7-9-17(10-8-16)21(23)24/h5-12H,3-4,13H2,1-2H3,(H,23,24). The van der Waals surface area contributed by atoms with Gasteiger partial charge < -0.3 is 14.3 Å². The zero-order valence-electron chi connectivity index (χ0n) is 14.9. The molecular formula is C21H21NO4. The van der Waals surface area contributed by atoms with Gasteiger partial charge in [-0.05, 0) is 55.3 Å². The van der Waals surface area contributed by atoms with E-state index in [1.165, 1.54) is 17.7 Å². The maximum atomic E-state index is 10.9. The largest absolute Gasteiger partial charge is 0.487 e. The van der Waals surface area contributed by atoms with Crippen LogP contribution in [0.1, 0.15) is 40.7 Å². The van der Waals surface area contributed by atoms with Crippen LogP contribution in [0.25, 0.3) is 11.5 Å². The number of aromatic nitrogens is 1. The summed E-state index contributed by atoms with van der Waals surface area (Å²) in [7, 11) is 0. The van der Waals surface area contributed by atoms with Gasteiger partial charge in [-0.2, -0.15) is 0 Å². The number of oxazole rings is 1. The molecule has 0 saturated heterocycles. The Morgan fingerprint density at radius 3 is 2.42 bits per heavy atom. The molecule has 1 heterocycles. The van der Waals surface area contributed by atoms with Crippen LogP contribution in [0.4, 0.5) is 0 Å². The van der Waals surface area contributed by atoms with Crippen LogP contribution in [0.3, 0.4) is 0 Å². The highest BCUT2D eigenvalue weighted by atomic mass is 16.5. The van der Waals surface area contributed by atoms with E-state index in [1.54, 1.807) is 12.1 Å². The molecule has 0 unspecified atom stereocenters. The average Bonchev–Trinajstić information content (AvgIpc) is 3.02. The number of nitrogens with zero attached hydrogens (tertiary/aromatic N) is 1. The first-order valence-electron chi connectivity index (χ1n) is 8.58. The van der Waals surface area contributed by atoms with Crippen LogP contribution in [-0.4, -0.2) is 16.1 Å². The first-order valence-corrected chi connectivity index (χ1v) is 8.58. The van der Waals surface area contributed by atoms with Crippen molar-refractivity contribution in [1.29, 1.82) is 0 Å². The van der Waals surface area contributed by atoms with Gasteiger partial charge in [0.1, 0.15) is 23.8 Å². The van der Waals surface area contributed by atoms with Crippen molar-refractivity contribution in [1.82, 2.24) is 4.98 Å². The molecule has 2 aromatic carbocycles. The third-order valence-corrected chi connectivity index (χ3v) is 4.11. The molecule has 0 saturated carbocycles. The normalized spacial score (nSPS) is 10.7. The molecule has 3 rings (SSSR count). The fraction of sp³-hybridized carbons (Fsp3) is 0.238. The summed E-state index contributed by atoms with van der Waals surface area (Å²) in [5.41, 5.74) is 2.98. The van der Waals surface area contributed by atoms with Crippen LogP contribution < -0.4 is 4.74 Å². The second-order valence-electron chi connectivity index (χ2n) is 6.09. The van der Waals surface area contributed by atoms with Gasteiger partial charge in [0.2, 0.25) is 5.89 Å². The molecule has 5 heteroatoms. The number of hydrogen-bond acceptors (Lipinski definition) is 4. The van der Waals surface area contributed by atoms with Crippen molar-refractivity contribution >= 4 is 5.97 Å². The molecule has 0 bridgehead atoms. The quantitative estimate of drug-likeness (QED) is 0.657. The smallest absolute Gasteiger partial charge is 0.335 e. The second-order valence-corrected chi connectivity index (χ2v) is 6.09. The number of aromatic carboxylic acids is 1. The zero-order chi connectivity index (χ0) is 18.5. The lowest BCUT2D eigenvalue weighted by molar-refractivity contribution is 0.0697. The number of rotatable bonds is 7. The maximum Gasteiger partial charge on any atom is 0.335 e. The molecule has 1 N–H and O–H groups in total. The Morgan fingerprint density at radius 2 is 1.81 bits per heavy atom. The lowest BCUT2D eigenvalue weighted by Gasteiger charge is -2.05. The topological polar surface area (TPSA) is 72.6 Å². The molecule has 0 spiro atoms. The summed E-state index contributed by atoms with van der Waals surface area (Å²) in [6.07, 6.45) is 2.18. The van der Waals surface area contributed by atoms with E-state index in [1.807, 2.05) is 19.1 Å². The number of carboxylic acid groups (broad SMARTS) is 1. The van der Waals surface area contributed by atoms with Crippen LogP contribution in [0.5, 0.6) is 5.75 Å². The van der Waals surface area contributed by atoms with E-state index < -0.39 is 5.97 Å². The third-order valence-electron chi connectivity index (χ3n) is 4.11. The van der Waals surface area contributed by atoms with Crippen molar-refractivity contribution in [2.75, 3.05) is 0 Å². The van der Waals surface area contributed by atoms with Gasteiger partial charge in [0.05, 0.1) is 5.56 Å². The second kappa shape index (κ2) is 7.87. The summed E-state index contributed by atoms with van der Waals surface area (Å²) in [5, 5.41) is 8.96. The lowest BCUT2D eigenvalue weighted by atomic mass is 10.1. The summed E-state index contributed by atoms with van der Waals surface area (Å²) in [4.78, 5) is 15.4. The van der Waals surface area contributed by atoms with Gasteiger partial charge >= 0.3 is 5.97 Å². The fourth-order valence-corrected chi connectivity index (χ4v) is 2.63. The highest BCUT2D eigenvalue weighted by Gasteiger charge is 2.13. The van der Waals surface area contributed by atoms with Crippen LogP contribution in [0.15, 0.2) is 52.9 Å². The molecule has 0 aliphatic carbocycles. The van der Waals surface area contributed by atoms with Crippen molar-refractivity contribution < 1.29 is 19.1 Å². The van der Waals surface area contributed by atoms with Crippen LogP contribution in [-0.2, 0) is 13.0 Å². The van der Waals surface area contributed by atoms with Crippen molar-refractivity contribution in [2.24, 2.45) is 0 Å². The first kappa shape index (κ1) is 17.7. The van der Waals surface area contributed by atoms with Crippen LogP contribution in [0.2, 0.25) is 0 Å². The predicted molar refractivity (Wildman–Crippen MR) is 98.4 cm³/mol. The van der Waals surface area contributed by atoms with E-state index >= 15 is 0 Å². The minimum Gasteiger partial charge on any atom is -0.487 e. The maximum absolute atomic E-state index is 10.9. The number of carboxylic acids is 1. The Bertz CT molecular complexity index is 879. The summed E-state index contributed by atoms with van der Waals surface area (Å²) in [6, 6.07) is 14.5. The summed E-state index contributed by atoms with van der Waals surface area (Å²) in [5.74, 6) is 0.972. The molecule has 0 atom stereocenters. The number of ether oxygens (including phenoxy) is 1. The molecule has 0 aliphatic heterocycles. The van der Waals surface area contributed by atoms with E-state index in [4.69, 9.17) is 14.3 Å². The van der Waals surface area contributed by atoms with Gasteiger partial charge in [0.25, 0.3) is 0 Å². The number of hydrogen-bond donors (Lipinski definition) is 1. The van der Waals surface area contributed by atoms with Crippen LogP contribution in [0, 0.1) is 6.92 Å². The van der Waals surface area contributed by atoms with Gasteiger partial charge in [-0.1, -0.05) is 25.5 Å². The highest BCUT2D eigenvalue weighted by Crippen LogP contribution is 2.23. The van der Waals surface area contributed by atoms with E-state index in [2.05, 4.69) is 24.0 Å². The highest BCUT2D eigenvalue weighted by molar-refractivity contribution is 5.88. The summed E-state index contributed by atoms with van der Waals surface area (Å²) < 4.78 is 11.5. The van der Waals surface area contributed by atoms with E-state index in [0.29, 0.717) is 18.3 Å². The van der Waals surface area contributed by atoms with Gasteiger partial charge in [0.15, 0.2) is 0 Å². The minimum absolute atomic E-state index is 0.229. The average molecular weight is 351 g/mol. The number of carbonyl (C=O) groups is 1. The fourth-order valence-electron chi connectivity index (χ4n) is 2.63. The molecule has 3 aromatic rings. The monoisotopic (exact) mass is 351 g/mol. The van der Waals surface area contributed by atoms with E-state index in [9.17, 15) is 4.79 Å². The Kier molecular flexibility index (Phi) is 5.37. The van der Waals surface area contributed by atoms with Crippen LogP contribution >= 0.6 is 0 Å². The van der Waals surface area contributed by atoms with Gasteiger partial charge in [-0.15, -0.1) is 0 Å². The lowest BCUT2D eigenvalue weighted by Crippen LogP contribution is -1.98. The SMILES string of the molecule is CCCc1ccc(OCc2nc(-c3ccc(C(=O)O)cc3)oc2C)cc1. The van der Waals surface area contributed by atoms with Gasteiger partial charge in [-0.25, -0.2) is 9.78 Å². The molecule has 0 fully saturated rings. The van der Waals surface area contributed by atoms with Crippen molar-refractivity contribution in [3.05, 3.63) is 71.1 Å². The van der Waals surface area contributed by atoms with E-state index in [-0.39, 0.29) is 5.56 Å². The Labute approximate surface area is 152 Å². The first-order chi connectivity index (χ1) is 12.6. The van der Waals surface area contributed by atoms with Crippen molar-refractivity contribution in [3.8, 4) is 17.2 Å². The Morgan fingerprint density at radius 1 is 1.12 bits per heavy atom.